The first-order chi connectivity index (χ1) is 12.4. The predicted molar refractivity (Wildman–Crippen MR) is 87.0 cm³/mol. The number of aromatic nitrogens is 4. The van der Waals surface area contributed by atoms with Crippen molar-refractivity contribution in [2.45, 2.75) is 17.7 Å². The molecule has 0 spiro atoms. The molecule has 1 heterocycles. The normalized spacial score (nSPS) is 12.2. The summed E-state index contributed by atoms with van der Waals surface area (Å²) in [5.41, 5.74) is -0.440. The van der Waals surface area contributed by atoms with Crippen LogP contribution in [0.2, 0.25) is 5.02 Å². The largest absolute Gasteiger partial charge is 0.411 e. The first-order valence-electron chi connectivity index (χ1n) is 7.10. The molecule has 0 aliphatic rings. The number of nitrogens with zero attached hydrogens (tertiary/aromatic N) is 4. The number of hydrogen-bond donors (Lipinski definition) is 1. The maximum Gasteiger partial charge on any atom is 0.411 e. The highest BCUT2D eigenvalue weighted by Gasteiger charge is 2.29. The van der Waals surface area contributed by atoms with Gasteiger partial charge in [-0.3, -0.25) is 10.1 Å². The summed E-state index contributed by atoms with van der Waals surface area (Å²) in [6.07, 6.45) is -3.75. The van der Waals surface area contributed by atoms with Gasteiger partial charge in [0.05, 0.1) is 22.1 Å². The lowest BCUT2D eigenvalue weighted by atomic mass is 10.1. The Morgan fingerprint density at radius 3 is 2.56 bits per heavy atom. The van der Waals surface area contributed by atoms with E-state index in [0.29, 0.717) is 0 Å². The minimum atomic E-state index is -4.61. The molecule has 27 heavy (non-hydrogen) atoms. The van der Waals surface area contributed by atoms with Gasteiger partial charge in [0.2, 0.25) is 5.95 Å². The minimum absolute atomic E-state index is 0.0156. The Hall–Kier alpha value is -2.25. The van der Waals surface area contributed by atoms with Crippen molar-refractivity contribution in [3.05, 3.63) is 28.3 Å². The molecule has 2 aromatic rings. The van der Waals surface area contributed by atoms with Crippen molar-refractivity contribution in [2.75, 3.05) is 18.2 Å². The van der Waals surface area contributed by atoms with Crippen LogP contribution < -0.4 is 5.32 Å². The quantitative estimate of drug-likeness (QED) is 0.744. The average molecular weight is 428 g/mol. The molecule has 0 atom stereocenters. The number of alkyl halides is 3. The molecule has 0 saturated carbocycles. The Balaban J connectivity index is 2.38. The van der Waals surface area contributed by atoms with Crippen molar-refractivity contribution in [2.24, 2.45) is 7.05 Å². The van der Waals surface area contributed by atoms with Crippen LogP contribution in [0.3, 0.4) is 0 Å². The van der Waals surface area contributed by atoms with Gasteiger partial charge in [-0.15, -0.1) is 0 Å². The molecule has 2 rings (SSSR count). The van der Waals surface area contributed by atoms with Crippen LogP contribution in [0.4, 0.5) is 19.1 Å². The van der Waals surface area contributed by atoms with Gasteiger partial charge in [-0.1, -0.05) is 16.7 Å². The highest BCUT2D eigenvalue weighted by Crippen LogP contribution is 2.30. The molecule has 0 bridgehead atoms. The fourth-order valence-corrected chi connectivity index (χ4v) is 3.32. The van der Waals surface area contributed by atoms with Gasteiger partial charge in [-0.25, -0.2) is 13.1 Å². The number of carbonyl (C=O) groups is 1. The molecule has 0 unspecified atom stereocenters. The number of hydrogen-bond acceptors (Lipinski definition) is 7. The molecule has 148 valence electrons. The van der Waals surface area contributed by atoms with Gasteiger partial charge in [0, 0.05) is 18.9 Å². The molecule has 0 fully saturated rings. The van der Waals surface area contributed by atoms with Gasteiger partial charge in [-0.2, -0.15) is 13.2 Å². The number of rotatable bonds is 6. The Labute approximate surface area is 156 Å². The lowest BCUT2D eigenvalue weighted by Crippen LogP contribution is -2.19. The second-order valence-corrected chi connectivity index (χ2v) is 7.73. The van der Waals surface area contributed by atoms with E-state index in [1.165, 1.54) is 7.05 Å². The molecule has 14 heteroatoms. The van der Waals surface area contributed by atoms with Crippen LogP contribution in [-0.2, 0) is 28.2 Å². The molecule has 0 saturated heterocycles. The number of aryl methyl sites for hydroxylation is 1. The van der Waals surface area contributed by atoms with Crippen molar-refractivity contribution in [3.63, 3.8) is 0 Å². The summed E-state index contributed by atoms with van der Waals surface area (Å²) in [6.45, 7) is -2.36. The molecular weight excluding hydrogens is 415 g/mol. The first-order valence-corrected chi connectivity index (χ1v) is 9.36. The maximum atomic E-state index is 12.4. The van der Waals surface area contributed by atoms with E-state index in [1.54, 1.807) is 0 Å². The van der Waals surface area contributed by atoms with E-state index in [2.05, 4.69) is 25.6 Å². The van der Waals surface area contributed by atoms with Crippen LogP contribution in [0, 0.1) is 0 Å². The molecular formula is C13H13ClF3N5O4S. The van der Waals surface area contributed by atoms with Gasteiger partial charge >= 0.3 is 6.18 Å². The van der Waals surface area contributed by atoms with Crippen molar-refractivity contribution < 1.29 is 31.1 Å². The lowest BCUT2D eigenvalue weighted by Gasteiger charge is -2.15. The zero-order valence-electron chi connectivity index (χ0n) is 13.9. The standard InChI is InChI=1S/C13H13ClF3N5O4S/c1-22-12(19-20-21-22)18-11(23)7-3-4-9(27(2,24)25)8(10(7)14)5-26-6-13(15,16)17/h3-4H,5-6H2,1-2H3,(H,18,19,21,23). The zero-order chi connectivity index (χ0) is 20.4. The van der Waals surface area contributed by atoms with Crippen molar-refractivity contribution >= 4 is 33.3 Å². The van der Waals surface area contributed by atoms with Crippen molar-refractivity contribution in [1.29, 1.82) is 0 Å². The van der Waals surface area contributed by atoms with Crippen LogP contribution in [0.25, 0.3) is 0 Å². The first kappa shape index (κ1) is 21.1. The fourth-order valence-electron chi connectivity index (χ4n) is 2.03. The third-order valence-corrected chi connectivity index (χ3v) is 4.82. The molecule has 1 amide bonds. The third-order valence-electron chi connectivity index (χ3n) is 3.20. The predicted octanol–water partition coefficient (Wildman–Crippen LogP) is 1.60. The smallest absolute Gasteiger partial charge is 0.367 e. The summed E-state index contributed by atoms with van der Waals surface area (Å²) < 4.78 is 66.3. The second-order valence-electron chi connectivity index (χ2n) is 5.36. The number of ether oxygens (including phenoxy) is 1. The summed E-state index contributed by atoms with van der Waals surface area (Å²) in [5, 5.41) is 12.4. The molecule has 1 aromatic heterocycles. The van der Waals surface area contributed by atoms with Gasteiger partial charge in [-0.05, 0) is 22.6 Å². The zero-order valence-corrected chi connectivity index (χ0v) is 15.5. The highest BCUT2D eigenvalue weighted by atomic mass is 35.5. The second kappa shape index (κ2) is 7.78. The number of sulfone groups is 1. The van der Waals surface area contributed by atoms with Crippen LogP contribution in [0.5, 0.6) is 0 Å². The van der Waals surface area contributed by atoms with E-state index < -0.39 is 35.1 Å². The van der Waals surface area contributed by atoms with E-state index in [1.807, 2.05) is 0 Å². The van der Waals surface area contributed by atoms with E-state index in [-0.39, 0.29) is 27.0 Å². The number of nitrogens with one attached hydrogen (secondary N) is 1. The lowest BCUT2D eigenvalue weighted by molar-refractivity contribution is -0.176. The topological polar surface area (TPSA) is 116 Å². The SMILES string of the molecule is Cn1nnnc1NC(=O)c1ccc(S(C)(=O)=O)c(COCC(F)(F)F)c1Cl. The van der Waals surface area contributed by atoms with Crippen molar-refractivity contribution in [3.8, 4) is 0 Å². The van der Waals surface area contributed by atoms with E-state index in [4.69, 9.17) is 11.6 Å². The monoisotopic (exact) mass is 427 g/mol. The third kappa shape index (κ3) is 5.37. The minimum Gasteiger partial charge on any atom is -0.367 e. The van der Waals surface area contributed by atoms with Gasteiger partial charge in [0.15, 0.2) is 9.84 Å². The van der Waals surface area contributed by atoms with Crippen LogP contribution in [0.1, 0.15) is 15.9 Å². The van der Waals surface area contributed by atoms with Crippen LogP contribution in [-0.4, -0.2) is 53.6 Å². The van der Waals surface area contributed by atoms with Gasteiger partial charge in [0.25, 0.3) is 5.91 Å². The van der Waals surface area contributed by atoms with Crippen LogP contribution >= 0.6 is 11.6 Å². The van der Waals surface area contributed by atoms with E-state index in [9.17, 15) is 26.4 Å². The Bertz CT molecular complexity index is 961. The fraction of sp³-hybridized carbons (Fsp3) is 0.385. The number of benzene rings is 1. The van der Waals surface area contributed by atoms with Gasteiger partial charge < -0.3 is 4.74 Å². The number of carbonyl (C=O) groups excluding carboxylic acids is 1. The number of halogens is 4. The summed E-state index contributed by atoms with van der Waals surface area (Å²) in [5.74, 6) is -0.798. The molecule has 9 nitrogen and oxygen atoms in total. The Morgan fingerprint density at radius 2 is 2.04 bits per heavy atom. The highest BCUT2D eigenvalue weighted by molar-refractivity contribution is 7.90. The van der Waals surface area contributed by atoms with Crippen LogP contribution in [0.15, 0.2) is 17.0 Å². The molecule has 1 aromatic carbocycles. The average Bonchev–Trinajstić information content (AvgIpc) is 2.91. The Morgan fingerprint density at radius 1 is 1.37 bits per heavy atom. The molecule has 0 aliphatic heterocycles. The van der Waals surface area contributed by atoms with Crippen molar-refractivity contribution in [1.82, 2.24) is 20.2 Å². The van der Waals surface area contributed by atoms with E-state index >= 15 is 0 Å². The number of tetrazole rings is 1. The summed E-state index contributed by atoms with van der Waals surface area (Å²) in [7, 11) is -2.38. The van der Waals surface area contributed by atoms with Gasteiger partial charge in [0.1, 0.15) is 6.61 Å². The maximum absolute atomic E-state index is 12.4. The summed E-state index contributed by atoms with van der Waals surface area (Å²) in [6, 6.07) is 2.20. The summed E-state index contributed by atoms with van der Waals surface area (Å²) >= 11 is 6.10. The number of anilines is 1. The van der Waals surface area contributed by atoms with E-state index in [0.717, 1.165) is 23.1 Å². The summed E-state index contributed by atoms with van der Waals surface area (Å²) in [4.78, 5) is 12.0. The molecule has 1 N–H and O–H groups in total. The Kier molecular flexibility index (Phi) is 6.07. The number of amides is 1. The molecule has 0 radical (unpaired) electrons. The molecule has 0 aliphatic carbocycles.